The van der Waals surface area contributed by atoms with Crippen LogP contribution in [0.2, 0.25) is 0 Å². The minimum Gasteiger partial charge on any atom is -0.378 e. The van der Waals surface area contributed by atoms with Crippen molar-refractivity contribution >= 4 is 26.0 Å². The van der Waals surface area contributed by atoms with Gasteiger partial charge in [0.2, 0.25) is 10.0 Å². The van der Waals surface area contributed by atoms with Crippen LogP contribution in [0.3, 0.4) is 0 Å². The molecule has 1 aliphatic heterocycles. The summed E-state index contributed by atoms with van der Waals surface area (Å²) in [4.78, 5) is 0.327. The van der Waals surface area contributed by atoms with E-state index in [2.05, 4.69) is 20.7 Å². The number of hydrogen-bond acceptors (Lipinski definition) is 3. The Kier molecular flexibility index (Phi) is 4.66. The fourth-order valence-electron chi connectivity index (χ4n) is 2.20. The fraction of sp³-hybridized carbons (Fsp3) is 0.538. The molecule has 6 heteroatoms. The Morgan fingerprint density at radius 1 is 1.47 bits per heavy atom. The summed E-state index contributed by atoms with van der Waals surface area (Å²) in [6, 6.07) is 5.26. The van der Waals surface area contributed by atoms with Gasteiger partial charge >= 0.3 is 0 Å². The van der Waals surface area contributed by atoms with Gasteiger partial charge in [-0.05, 0) is 38.0 Å². The lowest BCUT2D eigenvalue weighted by Crippen LogP contribution is -2.32. The van der Waals surface area contributed by atoms with Gasteiger partial charge < -0.3 is 4.74 Å². The number of hydrogen-bond donors (Lipinski definition) is 1. The van der Waals surface area contributed by atoms with E-state index >= 15 is 0 Å². The van der Waals surface area contributed by atoms with E-state index in [9.17, 15) is 8.42 Å². The van der Waals surface area contributed by atoms with Crippen molar-refractivity contribution in [2.45, 2.75) is 31.3 Å². The summed E-state index contributed by atoms with van der Waals surface area (Å²) in [5.41, 5.74) is 0.742. The van der Waals surface area contributed by atoms with Gasteiger partial charge in [0.1, 0.15) is 0 Å². The average molecular weight is 348 g/mol. The van der Waals surface area contributed by atoms with E-state index in [-0.39, 0.29) is 12.0 Å². The molecule has 19 heavy (non-hydrogen) atoms. The van der Waals surface area contributed by atoms with Crippen LogP contribution in [0.5, 0.6) is 0 Å². The highest BCUT2D eigenvalue weighted by Crippen LogP contribution is 2.23. The first kappa shape index (κ1) is 15.0. The van der Waals surface area contributed by atoms with Crippen LogP contribution in [0.25, 0.3) is 0 Å². The van der Waals surface area contributed by atoms with Gasteiger partial charge in [-0.1, -0.05) is 22.0 Å². The summed E-state index contributed by atoms with van der Waals surface area (Å²) in [7, 11) is -3.46. The molecule has 1 aliphatic rings. The van der Waals surface area contributed by atoms with Crippen molar-refractivity contribution in [3.8, 4) is 0 Å². The largest absolute Gasteiger partial charge is 0.378 e. The Morgan fingerprint density at radius 3 is 2.84 bits per heavy atom. The highest BCUT2D eigenvalue weighted by molar-refractivity contribution is 9.10. The minimum atomic E-state index is -3.46. The highest BCUT2D eigenvalue weighted by Gasteiger charge is 2.26. The lowest BCUT2D eigenvalue weighted by Gasteiger charge is -2.15. The van der Waals surface area contributed by atoms with Gasteiger partial charge in [0.15, 0.2) is 0 Å². The van der Waals surface area contributed by atoms with Gasteiger partial charge in [-0.2, -0.15) is 0 Å². The van der Waals surface area contributed by atoms with E-state index in [0.29, 0.717) is 18.0 Å². The Morgan fingerprint density at radius 2 is 2.21 bits per heavy atom. The summed E-state index contributed by atoms with van der Waals surface area (Å²) in [6.45, 7) is 4.91. The Balaban J connectivity index is 2.12. The second-order valence-electron chi connectivity index (χ2n) is 4.89. The molecule has 0 bridgehead atoms. The molecule has 1 aromatic carbocycles. The standard InChI is InChI=1S/C13H18BrNO3S/c1-9-3-4-12(14)7-13(9)19(16,17)15-8-11-5-6-18-10(11)2/h3-4,7,10-11,15H,5-6,8H2,1-2H3. The van der Waals surface area contributed by atoms with Crippen molar-refractivity contribution in [2.75, 3.05) is 13.2 Å². The predicted molar refractivity (Wildman–Crippen MR) is 77.6 cm³/mol. The van der Waals surface area contributed by atoms with Crippen LogP contribution in [-0.4, -0.2) is 27.7 Å². The quantitative estimate of drug-likeness (QED) is 0.910. The first-order chi connectivity index (χ1) is 8.90. The third-order valence-electron chi connectivity index (χ3n) is 3.51. The molecule has 0 aliphatic carbocycles. The molecular weight excluding hydrogens is 330 g/mol. The molecule has 0 aromatic heterocycles. The summed E-state index contributed by atoms with van der Waals surface area (Å²) >= 11 is 3.30. The van der Waals surface area contributed by atoms with E-state index in [1.165, 1.54) is 0 Å². The summed E-state index contributed by atoms with van der Waals surface area (Å²) in [5.74, 6) is 0.252. The van der Waals surface area contributed by atoms with Crippen LogP contribution in [0.1, 0.15) is 18.9 Å². The molecule has 0 saturated carbocycles. The zero-order valence-corrected chi connectivity index (χ0v) is 13.4. The maximum absolute atomic E-state index is 12.3. The Hall–Kier alpha value is -0.430. The van der Waals surface area contributed by atoms with Gasteiger partial charge in [0, 0.05) is 23.5 Å². The second kappa shape index (κ2) is 5.91. The number of sulfonamides is 1. The Labute approximate surface area is 122 Å². The third-order valence-corrected chi connectivity index (χ3v) is 5.57. The molecule has 0 radical (unpaired) electrons. The smallest absolute Gasteiger partial charge is 0.240 e. The first-order valence-electron chi connectivity index (χ1n) is 6.27. The molecule has 1 N–H and O–H groups in total. The topological polar surface area (TPSA) is 55.4 Å². The van der Waals surface area contributed by atoms with Crippen LogP contribution in [0.4, 0.5) is 0 Å². The van der Waals surface area contributed by atoms with E-state index in [0.717, 1.165) is 16.5 Å². The molecule has 106 valence electrons. The lowest BCUT2D eigenvalue weighted by atomic mass is 10.0. The van der Waals surface area contributed by atoms with E-state index in [4.69, 9.17) is 4.74 Å². The molecule has 2 unspecified atom stereocenters. The number of aryl methyl sites for hydroxylation is 1. The van der Waals surface area contributed by atoms with E-state index < -0.39 is 10.0 Å². The van der Waals surface area contributed by atoms with Crippen LogP contribution < -0.4 is 4.72 Å². The summed E-state index contributed by atoms with van der Waals surface area (Å²) < 4.78 is 33.5. The fourth-order valence-corrected chi connectivity index (χ4v) is 4.08. The van der Waals surface area contributed by atoms with Gasteiger partial charge in [0.25, 0.3) is 0 Å². The summed E-state index contributed by atoms with van der Waals surface area (Å²) in [5, 5.41) is 0. The molecule has 0 spiro atoms. The molecule has 1 heterocycles. The monoisotopic (exact) mass is 347 g/mol. The lowest BCUT2D eigenvalue weighted by molar-refractivity contribution is 0.107. The van der Waals surface area contributed by atoms with E-state index in [1.54, 1.807) is 19.1 Å². The number of rotatable bonds is 4. The number of halogens is 1. The molecule has 4 nitrogen and oxygen atoms in total. The van der Waals surface area contributed by atoms with Gasteiger partial charge in [-0.15, -0.1) is 0 Å². The van der Waals surface area contributed by atoms with Crippen LogP contribution in [0.15, 0.2) is 27.6 Å². The molecule has 1 aromatic rings. The molecule has 1 saturated heterocycles. The van der Waals surface area contributed by atoms with Gasteiger partial charge in [0.05, 0.1) is 11.0 Å². The normalized spacial score (nSPS) is 23.7. The number of nitrogens with one attached hydrogen (secondary N) is 1. The number of benzene rings is 1. The van der Waals surface area contributed by atoms with Crippen LogP contribution >= 0.6 is 15.9 Å². The molecule has 0 amide bonds. The van der Waals surface area contributed by atoms with Crippen molar-refractivity contribution < 1.29 is 13.2 Å². The third kappa shape index (κ3) is 3.56. The summed E-state index contributed by atoms with van der Waals surface area (Å²) in [6.07, 6.45) is 1.02. The maximum atomic E-state index is 12.3. The molecule has 2 atom stereocenters. The van der Waals surface area contributed by atoms with Gasteiger partial charge in [-0.3, -0.25) is 0 Å². The van der Waals surface area contributed by atoms with Crippen molar-refractivity contribution in [3.63, 3.8) is 0 Å². The van der Waals surface area contributed by atoms with Crippen molar-refractivity contribution in [2.24, 2.45) is 5.92 Å². The Bertz CT molecular complexity index is 559. The minimum absolute atomic E-state index is 0.117. The molecule has 1 fully saturated rings. The second-order valence-corrected chi connectivity index (χ2v) is 7.54. The highest BCUT2D eigenvalue weighted by atomic mass is 79.9. The zero-order valence-electron chi connectivity index (χ0n) is 11.0. The van der Waals surface area contributed by atoms with Crippen molar-refractivity contribution in [1.82, 2.24) is 4.72 Å². The van der Waals surface area contributed by atoms with Crippen LogP contribution in [-0.2, 0) is 14.8 Å². The van der Waals surface area contributed by atoms with Crippen LogP contribution in [0, 0.1) is 12.8 Å². The number of ether oxygens (including phenoxy) is 1. The maximum Gasteiger partial charge on any atom is 0.240 e. The predicted octanol–water partition coefficient (Wildman–Crippen LogP) is 2.46. The molecule has 2 rings (SSSR count). The van der Waals surface area contributed by atoms with Gasteiger partial charge in [-0.25, -0.2) is 13.1 Å². The first-order valence-corrected chi connectivity index (χ1v) is 8.55. The van der Waals surface area contributed by atoms with Crippen molar-refractivity contribution in [1.29, 1.82) is 0 Å². The van der Waals surface area contributed by atoms with E-state index in [1.807, 2.05) is 13.0 Å². The SMILES string of the molecule is Cc1ccc(Br)cc1S(=O)(=O)NCC1CCOC1C. The molecular formula is C13H18BrNO3S. The van der Waals surface area contributed by atoms with Crippen molar-refractivity contribution in [3.05, 3.63) is 28.2 Å². The zero-order chi connectivity index (χ0) is 14.0. The average Bonchev–Trinajstić information content (AvgIpc) is 2.75.